The molecule has 1 amide bonds. The number of anilines is 1. The number of rotatable bonds is 4. The number of aromatic nitrogens is 1. The van der Waals surface area contributed by atoms with E-state index in [1.54, 1.807) is 0 Å². The number of nitrogens with zero attached hydrogens (tertiary/aromatic N) is 1. The second-order valence-corrected chi connectivity index (χ2v) is 6.19. The standard InChI is InChI=1S/C13H21N3OS/c1-9-3-2-4-10(5-9)7-15-12(17)6-11-8-18-13(14)16-11/h8-10H,2-7H2,1H3,(H2,14,16)(H,15,17). The van der Waals surface area contributed by atoms with Crippen LogP contribution >= 0.6 is 11.3 Å². The number of carbonyl (C=O) groups is 1. The largest absolute Gasteiger partial charge is 0.375 e. The normalized spacial score (nSPS) is 23.8. The number of hydrogen-bond donors (Lipinski definition) is 2. The smallest absolute Gasteiger partial charge is 0.226 e. The van der Waals surface area contributed by atoms with Gasteiger partial charge in [-0.05, 0) is 24.7 Å². The van der Waals surface area contributed by atoms with E-state index < -0.39 is 0 Å². The highest BCUT2D eigenvalue weighted by Crippen LogP contribution is 2.27. The van der Waals surface area contributed by atoms with Crippen LogP contribution in [0.5, 0.6) is 0 Å². The summed E-state index contributed by atoms with van der Waals surface area (Å²) in [6.07, 6.45) is 5.46. The second-order valence-electron chi connectivity index (χ2n) is 5.30. The lowest BCUT2D eigenvalue weighted by atomic mass is 9.82. The van der Waals surface area contributed by atoms with Crippen LogP contribution in [0.25, 0.3) is 0 Å². The van der Waals surface area contributed by atoms with Gasteiger partial charge in [0.15, 0.2) is 5.13 Å². The summed E-state index contributed by atoms with van der Waals surface area (Å²) in [5, 5.41) is 5.39. The molecule has 0 saturated heterocycles. The summed E-state index contributed by atoms with van der Waals surface area (Å²) < 4.78 is 0. The third-order valence-electron chi connectivity index (χ3n) is 3.54. The van der Waals surface area contributed by atoms with Gasteiger partial charge < -0.3 is 11.1 Å². The first kappa shape index (κ1) is 13.3. The highest BCUT2D eigenvalue weighted by molar-refractivity contribution is 7.13. The Bertz CT molecular complexity index is 405. The van der Waals surface area contributed by atoms with Crippen LogP contribution in [0.15, 0.2) is 5.38 Å². The average molecular weight is 267 g/mol. The SMILES string of the molecule is CC1CCCC(CNC(=O)Cc2csc(N)n2)C1. The molecule has 3 N–H and O–H groups in total. The molecule has 1 heterocycles. The molecular weight excluding hydrogens is 246 g/mol. The van der Waals surface area contributed by atoms with E-state index in [-0.39, 0.29) is 5.91 Å². The van der Waals surface area contributed by atoms with Crippen LogP contribution in [0.2, 0.25) is 0 Å². The summed E-state index contributed by atoms with van der Waals surface area (Å²) in [6, 6.07) is 0. The van der Waals surface area contributed by atoms with Crippen LogP contribution in [-0.4, -0.2) is 17.4 Å². The van der Waals surface area contributed by atoms with Crippen molar-refractivity contribution in [2.45, 2.75) is 39.0 Å². The van der Waals surface area contributed by atoms with Gasteiger partial charge in [-0.25, -0.2) is 4.98 Å². The molecule has 1 aliphatic rings. The van der Waals surface area contributed by atoms with Crippen molar-refractivity contribution in [1.82, 2.24) is 10.3 Å². The first-order valence-electron chi connectivity index (χ1n) is 6.60. The van der Waals surface area contributed by atoms with Crippen molar-refractivity contribution in [1.29, 1.82) is 0 Å². The molecule has 2 unspecified atom stereocenters. The van der Waals surface area contributed by atoms with Crippen molar-refractivity contribution in [3.63, 3.8) is 0 Å². The Morgan fingerprint density at radius 3 is 3.11 bits per heavy atom. The van der Waals surface area contributed by atoms with Crippen molar-refractivity contribution in [3.05, 3.63) is 11.1 Å². The lowest BCUT2D eigenvalue weighted by molar-refractivity contribution is -0.120. The summed E-state index contributed by atoms with van der Waals surface area (Å²) >= 11 is 1.38. The van der Waals surface area contributed by atoms with E-state index in [9.17, 15) is 4.79 Å². The molecule has 4 nitrogen and oxygen atoms in total. The van der Waals surface area contributed by atoms with Crippen LogP contribution in [-0.2, 0) is 11.2 Å². The van der Waals surface area contributed by atoms with Gasteiger partial charge in [0.2, 0.25) is 5.91 Å². The summed E-state index contributed by atoms with van der Waals surface area (Å²) in [7, 11) is 0. The molecule has 1 fully saturated rings. The Balaban J connectivity index is 1.71. The molecule has 0 aliphatic heterocycles. The molecule has 1 aromatic heterocycles. The Morgan fingerprint density at radius 1 is 1.61 bits per heavy atom. The van der Waals surface area contributed by atoms with E-state index in [4.69, 9.17) is 5.73 Å². The molecule has 0 radical (unpaired) electrons. The zero-order chi connectivity index (χ0) is 13.0. The van der Waals surface area contributed by atoms with Crippen LogP contribution in [0.1, 0.15) is 38.3 Å². The number of carbonyl (C=O) groups excluding carboxylic acids is 1. The first-order valence-corrected chi connectivity index (χ1v) is 7.48. The Labute approximate surface area is 112 Å². The Morgan fingerprint density at radius 2 is 2.44 bits per heavy atom. The second kappa shape index (κ2) is 6.18. The summed E-state index contributed by atoms with van der Waals surface area (Å²) in [6.45, 7) is 3.11. The third-order valence-corrected chi connectivity index (χ3v) is 4.27. The van der Waals surface area contributed by atoms with E-state index in [0.717, 1.165) is 18.2 Å². The molecule has 1 aromatic rings. The number of amides is 1. The quantitative estimate of drug-likeness (QED) is 0.879. The average Bonchev–Trinajstić information content (AvgIpc) is 2.72. The van der Waals surface area contributed by atoms with Gasteiger partial charge in [-0.3, -0.25) is 4.79 Å². The molecule has 1 saturated carbocycles. The summed E-state index contributed by atoms with van der Waals surface area (Å²) in [5.74, 6) is 1.51. The number of hydrogen-bond acceptors (Lipinski definition) is 4. The Kier molecular flexibility index (Phi) is 4.58. The third kappa shape index (κ3) is 3.98. The van der Waals surface area contributed by atoms with Gasteiger partial charge in [0, 0.05) is 11.9 Å². The highest BCUT2D eigenvalue weighted by atomic mass is 32.1. The zero-order valence-electron chi connectivity index (χ0n) is 10.8. The van der Waals surface area contributed by atoms with Crippen LogP contribution < -0.4 is 11.1 Å². The maximum absolute atomic E-state index is 11.8. The van der Waals surface area contributed by atoms with Crippen molar-refractivity contribution < 1.29 is 4.79 Å². The number of nitrogens with two attached hydrogens (primary N) is 1. The van der Waals surface area contributed by atoms with Gasteiger partial charge in [-0.2, -0.15) is 0 Å². The van der Waals surface area contributed by atoms with Crippen LogP contribution in [0, 0.1) is 11.8 Å². The summed E-state index contributed by atoms with van der Waals surface area (Å²) in [4.78, 5) is 15.9. The molecule has 5 heteroatoms. The van der Waals surface area contributed by atoms with E-state index in [2.05, 4.69) is 17.2 Å². The van der Waals surface area contributed by atoms with Crippen LogP contribution in [0.3, 0.4) is 0 Å². The zero-order valence-corrected chi connectivity index (χ0v) is 11.6. The lowest BCUT2D eigenvalue weighted by Gasteiger charge is -2.26. The summed E-state index contributed by atoms with van der Waals surface area (Å²) in [5.41, 5.74) is 6.31. The van der Waals surface area contributed by atoms with Gasteiger partial charge in [-0.1, -0.05) is 19.8 Å². The Hall–Kier alpha value is -1.10. The molecule has 2 rings (SSSR count). The van der Waals surface area contributed by atoms with Gasteiger partial charge in [-0.15, -0.1) is 11.3 Å². The number of nitrogens with one attached hydrogen (secondary N) is 1. The minimum atomic E-state index is 0.0542. The molecule has 2 atom stereocenters. The molecular formula is C13H21N3OS. The molecule has 1 aliphatic carbocycles. The van der Waals surface area contributed by atoms with E-state index in [0.29, 0.717) is 17.5 Å². The predicted octanol–water partition coefficient (Wildman–Crippen LogP) is 2.21. The van der Waals surface area contributed by atoms with Crippen LogP contribution in [0.4, 0.5) is 5.13 Å². The molecule has 0 spiro atoms. The number of nitrogen functional groups attached to an aromatic ring is 1. The van der Waals surface area contributed by atoms with E-state index >= 15 is 0 Å². The van der Waals surface area contributed by atoms with Gasteiger partial charge in [0.1, 0.15) is 0 Å². The fourth-order valence-corrected chi connectivity index (χ4v) is 3.20. The van der Waals surface area contributed by atoms with Crippen molar-refractivity contribution in [2.24, 2.45) is 11.8 Å². The highest BCUT2D eigenvalue weighted by Gasteiger charge is 2.19. The van der Waals surface area contributed by atoms with Crippen molar-refractivity contribution >= 4 is 22.4 Å². The molecule has 100 valence electrons. The minimum Gasteiger partial charge on any atom is -0.375 e. The minimum absolute atomic E-state index is 0.0542. The fourth-order valence-electron chi connectivity index (χ4n) is 2.63. The first-order chi connectivity index (χ1) is 8.63. The predicted molar refractivity (Wildman–Crippen MR) is 74.4 cm³/mol. The topological polar surface area (TPSA) is 68.0 Å². The maximum Gasteiger partial charge on any atom is 0.226 e. The van der Waals surface area contributed by atoms with Gasteiger partial charge >= 0.3 is 0 Å². The molecule has 0 bridgehead atoms. The van der Waals surface area contributed by atoms with Crippen molar-refractivity contribution in [2.75, 3.05) is 12.3 Å². The van der Waals surface area contributed by atoms with E-state index in [1.807, 2.05) is 5.38 Å². The monoisotopic (exact) mass is 267 g/mol. The van der Waals surface area contributed by atoms with Crippen molar-refractivity contribution in [3.8, 4) is 0 Å². The van der Waals surface area contributed by atoms with Gasteiger partial charge in [0.05, 0.1) is 12.1 Å². The molecule has 0 aromatic carbocycles. The fraction of sp³-hybridized carbons (Fsp3) is 0.692. The number of thiazole rings is 1. The van der Waals surface area contributed by atoms with E-state index in [1.165, 1.54) is 37.0 Å². The van der Waals surface area contributed by atoms with Gasteiger partial charge in [0.25, 0.3) is 0 Å². The molecule has 18 heavy (non-hydrogen) atoms. The maximum atomic E-state index is 11.8. The lowest BCUT2D eigenvalue weighted by Crippen LogP contribution is -2.32.